The molecule has 21 heavy (non-hydrogen) atoms. The molecule has 0 amide bonds. The Bertz CT molecular complexity index is 586. The average molecular weight is 282 g/mol. The molecule has 1 heterocycles. The van der Waals surface area contributed by atoms with Crippen molar-refractivity contribution in [1.29, 1.82) is 0 Å². The van der Waals surface area contributed by atoms with Gasteiger partial charge in [0.25, 0.3) is 0 Å². The summed E-state index contributed by atoms with van der Waals surface area (Å²) in [7, 11) is 0. The van der Waals surface area contributed by atoms with Gasteiger partial charge < -0.3 is 10.8 Å². The molecule has 1 fully saturated rings. The number of likely N-dealkylation sites (tertiary alicyclic amines) is 1. The van der Waals surface area contributed by atoms with Crippen LogP contribution in [-0.4, -0.2) is 23.1 Å². The maximum Gasteiger partial charge on any atom is 0.119 e. The van der Waals surface area contributed by atoms with E-state index in [0.29, 0.717) is 11.7 Å². The van der Waals surface area contributed by atoms with E-state index in [0.717, 1.165) is 43.7 Å². The number of benzene rings is 2. The largest absolute Gasteiger partial charge is 0.508 e. The first kappa shape index (κ1) is 14.0. The van der Waals surface area contributed by atoms with Gasteiger partial charge in [-0.3, -0.25) is 4.90 Å². The third kappa shape index (κ3) is 3.37. The Balaban J connectivity index is 1.58. The third-order valence-electron chi connectivity index (χ3n) is 4.35. The Morgan fingerprint density at radius 2 is 1.67 bits per heavy atom. The van der Waals surface area contributed by atoms with Gasteiger partial charge in [-0.05, 0) is 61.2 Å². The van der Waals surface area contributed by atoms with Crippen LogP contribution < -0.4 is 5.73 Å². The van der Waals surface area contributed by atoms with Crippen LogP contribution in [0.5, 0.6) is 5.75 Å². The van der Waals surface area contributed by atoms with Crippen molar-refractivity contribution in [3.8, 4) is 5.75 Å². The molecule has 0 aromatic heterocycles. The van der Waals surface area contributed by atoms with Crippen LogP contribution in [0.25, 0.3) is 0 Å². The van der Waals surface area contributed by atoms with Crippen molar-refractivity contribution >= 4 is 5.69 Å². The molecule has 0 aliphatic carbocycles. The fraction of sp³-hybridized carbons (Fsp3) is 0.333. The Morgan fingerprint density at radius 1 is 1.00 bits per heavy atom. The second-order valence-electron chi connectivity index (χ2n) is 5.85. The predicted molar refractivity (Wildman–Crippen MR) is 86.2 cm³/mol. The lowest BCUT2D eigenvalue weighted by atomic mass is 9.88. The molecule has 1 aliphatic heterocycles. The first-order valence-corrected chi connectivity index (χ1v) is 7.57. The van der Waals surface area contributed by atoms with Crippen LogP contribution in [-0.2, 0) is 6.54 Å². The van der Waals surface area contributed by atoms with Gasteiger partial charge in [-0.2, -0.15) is 0 Å². The summed E-state index contributed by atoms with van der Waals surface area (Å²) in [6.45, 7) is 3.13. The first-order chi connectivity index (χ1) is 10.2. The molecule has 0 radical (unpaired) electrons. The minimum atomic E-state index is 0.439. The zero-order valence-electron chi connectivity index (χ0n) is 12.2. The number of phenols is 1. The molecule has 0 spiro atoms. The number of rotatable bonds is 3. The van der Waals surface area contributed by atoms with Crippen molar-refractivity contribution in [3.05, 3.63) is 59.7 Å². The minimum Gasteiger partial charge on any atom is -0.508 e. The number of hydrogen-bond acceptors (Lipinski definition) is 3. The van der Waals surface area contributed by atoms with Crippen LogP contribution in [0, 0.1) is 0 Å². The Labute approximate surface area is 126 Å². The van der Waals surface area contributed by atoms with Crippen LogP contribution in [0.4, 0.5) is 5.69 Å². The second-order valence-corrected chi connectivity index (χ2v) is 5.85. The summed E-state index contributed by atoms with van der Waals surface area (Å²) in [6.07, 6.45) is 2.21. The van der Waals surface area contributed by atoms with Crippen LogP contribution in [0.15, 0.2) is 48.5 Å². The van der Waals surface area contributed by atoms with E-state index in [2.05, 4.69) is 23.1 Å². The molecular formula is C18H22N2O. The molecular weight excluding hydrogens is 260 g/mol. The van der Waals surface area contributed by atoms with E-state index in [-0.39, 0.29) is 0 Å². The van der Waals surface area contributed by atoms with Crippen molar-refractivity contribution < 1.29 is 5.11 Å². The highest BCUT2D eigenvalue weighted by Gasteiger charge is 2.22. The molecule has 1 saturated heterocycles. The maximum atomic E-state index is 9.96. The number of piperidine rings is 1. The Morgan fingerprint density at radius 3 is 2.33 bits per heavy atom. The van der Waals surface area contributed by atoms with Gasteiger partial charge >= 0.3 is 0 Å². The van der Waals surface area contributed by atoms with E-state index in [9.17, 15) is 5.11 Å². The fourth-order valence-corrected chi connectivity index (χ4v) is 3.12. The monoisotopic (exact) mass is 282 g/mol. The number of nitrogens with two attached hydrogens (primary N) is 1. The Hall–Kier alpha value is -2.00. The van der Waals surface area contributed by atoms with Gasteiger partial charge in [0.15, 0.2) is 0 Å². The molecule has 3 N–H and O–H groups in total. The number of para-hydroxylation sites is 1. The van der Waals surface area contributed by atoms with Crippen LogP contribution in [0.1, 0.15) is 29.9 Å². The molecule has 3 rings (SSSR count). The van der Waals surface area contributed by atoms with E-state index in [1.54, 1.807) is 6.07 Å². The lowest BCUT2D eigenvalue weighted by molar-refractivity contribution is 0.203. The van der Waals surface area contributed by atoms with E-state index in [1.165, 1.54) is 5.56 Å². The van der Waals surface area contributed by atoms with Gasteiger partial charge in [0, 0.05) is 12.2 Å². The van der Waals surface area contributed by atoms with Gasteiger partial charge in [-0.1, -0.05) is 30.3 Å². The summed E-state index contributed by atoms with van der Waals surface area (Å²) >= 11 is 0. The fourth-order valence-electron chi connectivity index (χ4n) is 3.12. The maximum absolute atomic E-state index is 9.96. The van der Waals surface area contributed by atoms with E-state index >= 15 is 0 Å². The van der Waals surface area contributed by atoms with Crippen LogP contribution in [0.2, 0.25) is 0 Å². The van der Waals surface area contributed by atoms with Gasteiger partial charge in [0.1, 0.15) is 5.75 Å². The summed E-state index contributed by atoms with van der Waals surface area (Å²) in [5.74, 6) is 0.920. The highest BCUT2D eigenvalue weighted by molar-refractivity contribution is 5.39. The summed E-state index contributed by atoms with van der Waals surface area (Å²) < 4.78 is 0. The second kappa shape index (κ2) is 6.19. The number of aromatic hydroxyl groups is 1. The topological polar surface area (TPSA) is 49.5 Å². The van der Waals surface area contributed by atoms with E-state index in [4.69, 9.17) is 5.73 Å². The zero-order chi connectivity index (χ0) is 14.7. The number of hydrogen-bond donors (Lipinski definition) is 2. The van der Waals surface area contributed by atoms with Gasteiger partial charge in [0.2, 0.25) is 0 Å². The minimum absolute atomic E-state index is 0.439. The molecule has 1 aliphatic rings. The number of phenolic OH excluding ortho intramolecular Hbond substituents is 1. The van der Waals surface area contributed by atoms with Crippen LogP contribution in [0.3, 0.4) is 0 Å². The summed E-state index contributed by atoms with van der Waals surface area (Å²) in [4.78, 5) is 2.47. The third-order valence-corrected chi connectivity index (χ3v) is 4.35. The highest BCUT2D eigenvalue weighted by Crippen LogP contribution is 2.33. The van der Waals surface area contributed by atoms with Gasteiger partial charge in [-0.25, -0.2) is 0 Å². The summed E-state index contributed by atoms with van der Waals surface area (Å²) in [5.41, 5.74) is 8.95. The molecule has 0 unspecified atom stereocenters. The van der Waals surface area contributed by atoms with Crippen LogP contribution >= 0.6 is 0 Å². The predicted octanol–water partition coefficient (Wildman–Crippen LogP) is 3.35. The molecule has 3 nitrogen and oxygen atoms in total. The highest BCUT2D eigenvalue weighted by atomic mass is 16.3. The van der Waals surface area contributed by atoms with E-state index < -0.39 is 0 Å². The van der Waals surface area contributed by atoms with Crippen molar-refractivity contribution in [2.24, 2.45) is 0 Å². The SMILES string of the molecule is Nc1ccc(CN2CCC(c3ccccc3O)CC2)cc1. The first-order valence-electron chi connectivity index (χ1n) is 7.57. The molecule has 0 bridgehead atoms. The van der Waals surface area contributed by atoms with Crippen molar-refractivity contribution in [1.82, 2.24) is 4.90 Å². The smallest absolute Gasteiger partial charge is 0.119 e. The quantitative estimate of drug-likeness (QED) is 0.849. The van der Waals surface area contributed by atoms with E-state index in [1.807, 2.05) is 24.3 Å². The lowest BCUT2D eigenvalue weighted by Crippen LogP contribution is -2.32. The average Bonchev–Trinajstić information content (AvgIpc) is 2.51. The number of nitrogens with zero attached hydrogens (tertiary/aromatic N) is 1. The molecule has 2 aromatic rings. The number of anilines is 1. The van der Waals surface area contributed by atoms with Crippen molar-refractivity contribution in [3.63, 3.8) is 0 Å². The zero-order valence-corrected chi connectivity index (χ0v) is 12.2. The summed E-state index contributed by atoms with van der Waals surface area (Å²) in [5, 5.41) is 9.96. The Kier molecular flexibility index (Phi) is 4.11. The number of nitrogen functional groups attached to an aromatic ring is 1. The standard InChI is InChI=1S/C18H22N2O/c19-16-7-5-14(6-8-16)13-20-11-9-15(10-12-20)17-3-1-2-4-18(17)21/h1-8,15,21H,9-13,19H2. The lowest BCUT2D eigenvalue weighted by Gasteiger charge is -2.32. The normalized spacial score (nSPS) is 17.0. The molecule has 0 atom stereocenters. The van der Waals surface area contributed by atoms with Gasteiger partial charge in [-0.15, -0.1) is 0 Å². The van der Waals surface area contributed by atoms with Crippen molar-refractivity contribution in [2.45, 2.75) is 25.3 Å². The molecule has 2 aromatic carbocycles. The molecule has 110 valence electrons. The van der Waals surface area contributed by atoms with Gasteiger partial charge in [0.05, 0.1) is 0 Å². The molecule has 0 saturated carbocycles. The summed E-state index contributed by atoms with van der Waals surface area (Å²) in [6, 6.07) is 15.9. The molecule has 3 heteroatoms. The van der Waals surface area contributed by atoms with Crippen molar-refractivity contribution in [2.75, 3.05) is 18.8 Å².